The van der Waals surface area contributed by atoms with Crippen molar-refractivity contribution in [1.82, 2.24) is 10.3 Å². The molecule has 2 aromatic carbocycles. The molecular weight excluding hydrogens is 401 g/mol. The molecule has 0 aliphatic rings. The number of aromatic nitrogens is 1. The van der Waals surface area contributed by atoms with Crippen LogP contribution in [0.3, 0.4) is 0 Å². The molecular formula is C19H18FN3O3S2. The summed E-state index contributed by atoms with van der Waals surface area (Å²) in [4.78, 5) is 17.4. The molecule has 1 aromatic heterocycles. The van der Waals surface area contributed by atoms with Gasteiger partial charge in [0.15, 0.2) is 0 Å². The molecule has 28 heavy (non-hydrogen) atoms. The van der Waals surface area contributed by atoms with E-state index >= 15 is 0 Å². The molecule has 0 unspecified atom stereocenters. The Bertz CT molecular complexity index is 1110. The van der Waals surface area contributed by atoms with Crippen LogP contribution < -0.4 is 10.5 Å². The predicted octanol–water partition coefficient (Wildman–Crippen LogP) is 2.88. The SMILES string of the molecule is Cc1sc(-c2ccccc2F)nc1C(=O)NCCc1ccc(S(N)(=O)=O)cc1. The van der Waals surface area contributed by atoms with Crippen molar-refractivity contribution in [2.75, 3.05) is 6.54 Å². The highest BCUT2D eigenvalue weighted by Crippen LogP contribution is 2.29. The van der Waals surface area contributed by atoms with Crippen LogP contribution in [0.25, 0.3) is 10.6 Å². The van der Waals surface area contributed by atoms with E-state index in [4.69, 9.17) is 5.14 Å². The Hall–Kier alpha value is -2.62. The van der Waals surface area contributed by atoms with Gasteiger partial charge in [0, 0.05) is 17.0 Å². The normalized spacial score (nSPS) is 11.4. The summed E-state index contributed by atoms with van der Waals surface area (Å²) >= 11 is 1.26. The minimum atomic E-state index is -3.72. The van der Waals surface area contributed by atoms with Crippen molar-refractivity contribution in [2.45, 2.75) is 18.2 Å². The van der Waals surface area contributed by atoms with Crippen LogP contribution in [0.15, 0.2) is 53.4 Å². The number of sulfonamides is 1. The molecule has 0 spiro atoms. The van der Waals surface area contributed by atoms with E-state index in [2.05, 4.69) is 10.3 Å². The van der Waals surface area contributed by atoms with Crippen molar-refractivity contribution in [3.63, 3.8) is 0 Å². The van der Waals surface area contributed by atoms with Gasteiger partial charge in [-0.05, 0) is 43.2 Å². The van der Waals surface area contributed by atoms with E-state index in [0.29, 0.717) is 28.4 Å². The molecule has 0 saturated carbocycles. The monoisotopic (exact) mass is 419 g/mol. The first-order chi connectivity index (χ1) is 13.3. The second kappa shape index (κ2) is 8.17. The van der Waals surface area contributed by atoms with Gasteiger partial charge in [-0.25, -0.2) is 22.9 Å². The lowest BCUT2D eigenvalue weighted by Gasteiger charge is -2.05. The number of benzene rings is 2. The summed E-state index contributed by atoms with van der Waals surface area (Å²) in [6.45, 7) is 2.11. The number of thiazole rings is 1. The zero-order chi connectivity index (χ0) is 20.3. The number of hydrogen-bond acceptors (Lipinski definition) is 5. The van der Waals surface area contributed by atoms with Crippen LogP contribution in [0.1, 0.15) is 20.9 Å². The molecule has 3 rings (SSSR count). The van der Waals surface area contributed by atoms with Crippen LogP contribution in [0.4, 0.5) is 4.39 Å². The Balaban J connectivity index is 1.63. The molecule has 0 fully saturated rings. The first kappa shape index (κ1) is 20.1. The molecule has 0 aliphatic heterocycles. The van der Waals surface area contributed by atoms with E-state index in [0.717, 1.165) is 5.56 Å². The Kier molecular flexibility index (Phi) is 5.87. The summed E-state index contributed by atoms with van der Waals surface area (Å²) in [5.41, 5.74) is 1.49. The Morgan fingerprint density at radius 1 is 1.18 bits per heavy atom. The van der Waals surface area contributed by atoms with Crippen LogP contribution in [0, 0.1) is 12.7 Å². The fourth-order valence-corrected chi connectivity index (χ4v) is 4.06. The highest BCUT2D eigenvalue weighted by Gasteiger charge is 2.17. The molecule has 6 nitrogen and oxygen atoms in total. The minimum absolute atomic E-state index is 0.0408. The molecule has 1 amide bonds. The van der Waals surface area contributed by atoms with Crippen LogP contribution in [0.2, 0.25) is 0 Å². The van der Waals surface area contributed by atoms with Crippen molar-refractivity contribution >= 4 is 27.3 Å². The third kappa shape index (κ3) is 4.61. The molecule has 0 radical (unpaired) electrons. The highest BCUT2D eigenvalue weighted by molar-refractivity contribution is 7.89. The minimum Gasteiger partial charge on any atom is -0.350 e. The summed E-state index contributed by atoms with van der Waals surface area (Å²) in [7, 11) is -3.72. The second-order valence-corrected chi connectivity index (χ2v) is 8.86. The zero-order valence-corrected chi connectivity index (χ0v) is 16.6. The number of hydrogen-bond donors (Lipinski definition) is 2. The average Bonchev–Trinajstić information content (AvgIpc) is 3.03. The van der Waals surface area contributed by atoms with Crippen LogP contribution >= 0.6 is 11.3 Å². The number of nitrogens with one attached hydrogen (secondary N) is 1. The Morgan fingerprint density at radius 3 is 2.50 bits per heavy atom. The summed E-state index contributed by atoms with van der Waals surface area (Å²) in [6.07, 6.45) is 0.514. The molecule has 146 valence electrons. The number of halogens is 1. The van der Waals surface area contributed by atoms with E-state index in [1.807, 2.05) is 0 Å². The van der Waals surface area contributed by atoms with Crippen LogP contribution in [-0.2, 0) is 16.4 Å². The first-order valence-corrected chi connectivity index (χ1v) is 10.7. The number of carbonyl (C=O) groups is 1. The summed E-state index contributed by atoms with van der Waals surface area (Å²) < 4.78 is 36.4. The lowest BCUT2D eigenvalue weighted by molar-refractivity contribution is 0.0949. The fourth-order valence-electron chi connectivity index (χ4n) is 2.61. The lowest BCUT2D eigenvalue weighted by atomic mass is 10.1. The van der Waals surface area contributed by atoms with Gasteiger partial charge in [-0.3, -0.25) is 4.79 Å². The molecule has 0 saturated heterocycles. The standard InChI is InChI=1S/C19H18FN3O3S2/c1-12-17(23-19(27-12)15-4-2-3-5-16(15)20)18(24)22-11-10-13-6-8-14(9-7-13)28(21,25)26/h2-9H,10-11H2,1H3,(H,22,24)(H2,21,25,26). The fraction of sp³-hybridized carbons (Fsp3) is 0.158. The third-order valence-corrected chi connectivity index (χ3v) is 6.00. The first-order valence-electron chi connectivity index (χ1n) is 8.38. The van der Waals surface area contributed by atoms with Crippen molar-refractivity contribution in [1.29, 1.82) is 0 Å². The molecule has 9 heteroatoms. The average molecular weight is 420 g/mol. The summed E-state index contributed by atoms with van der Waals surface area (Å²) in [6, 6.07) is 12.5. The van der Waals surface area contributed by atoms with Gasteiger partial charge in [0.25, 0.3) is 5.91 Å². The Morgan fingerprint density at radius 2 is 1.86 bits per heavy atom. The topological polar surface area (TPSA) is 102 Å². The maximum absolute atomic E-state index is 13.9. The lowest BCUT2D eigenvalue weighted by Crippen LogP contribution is -2.26. The number of aryl methyl sites for hydroxylation is 1. The predicted molar refractivity (Wildman–Crippen MR) is 106 cm³/mol. The summed E-state index contributed by atoms with van der Waals surface area (Å²) in [5.74, 6) is -0.719. The van der Waals surface area contributed by atoms with Gasteiger partial charge in [-0.2, -0.15) is 0 Å². The third-order valence-electron chi connectivity index (χ3n) is 4.07. The molecule has 1 heterocycles. The zero-order valence-electron chi connectivity index (χ0n) is 15.0. The van der Waals surface area contributed by atoms with Crippen molar-refractivity contribution in [2.24, 2.45) is 5.14 Å². The van der Waals surface area contributed by atoms with Crippen molar-refractivity contribution < 1.29 is 17.6 Å². The van der Waals surface area contributed by atoms with E-state index in [-0.39, 0.29) is 22.3 Å². The maximum Gasteiger partial charge on any atom is 0.271 e. The maximum atomic E-state index is 13.9. The highest BCUT2D eigenvalue weighted by atomic mass is 32.2. The van der Waals surface area contributed by atoms with E-state index in [9.17, 15) is 17.6 Å². The Labute approximate surface area is 166 Å². The van der Waals surface area contributed by atoms with Crippen LogP contribution in [-0.4, -0.2) is 25.9 Å². The smallest absolute Gasteiger partial charge is 0.271 e. The second-order valence-electron chi connectivity index (χ2n) is 6.10. The van der Waals surface area contributed by atoms with Gasteiger partial charge in [0.1, 0.15) is 16.5 Å². The number of amides is 1. The van der Waals surface area contributed by atoms with E-state index in [1.54, 1.807) is 37.3 Å². The number of primary sulfonamides is 1. The molecule has 0 atom stereocenters. The number of rotatable bonds is 6. The van der Waals surface area contributed by atoms with Gasteiger partial charge in [0.2, 0.25) is 10.0 Å². The molecule has 0 aliphatic carbocycles. The van der Waals surface area contributed by atoms with Gasteiger partial charge in [-0.15, -0.1) is 11.3 Å². The number of nitrogens with zero attached hydrogens (tertiary/aromatic N) is 1. The number of carbonyl (C=O) groups excluding carboxylic acids is 1. The van der Waals surface area contributed by atoms with Gasteiger partial charge >= 0.3 is 0 Å². The number of nitrogens with two attached hydrogens (primary N) is 1. The largest absolute Gasteiger partial charge is 0.350 e. The van der Waals surface area contributed by atoms with Crippen LogP contribution in [0.5, 0.6) is 0 Å². The van der Waals surface area contributed by atoms with Gasteiger partial charge in [-0.1, -0.05) is 24.3 Å². The quantitative estimate of drug-likeness (QED) is 0.641. The van der Waals surface area contributed by atoms with Crippen molar-refractivity contribution in [3.8, 4) is 10.6 Å². The van der Waals surface area contributed by atoms with E-state index in [1.165, 1.54) is 29.5 Å². The van der Waals surface area contributed by atoms with Crippen molar-refractivity contribution in [3.05, 3.63) is 70.5 Å². The van der Waals surface area contributed by atoms with Gasteiger partial charge in [0.05, 0.1) is 4.90 Å². The van der Waals surface area contributed by atoms with Gasteiger partial charge < -0.3 is 5.32 Å². The van der Waals surface area contributed by atoms with E-state index < -0.39 is 10.0 Å². The molecule has 3 N–H and O–H groups in total. The molecule has 3 aromatic rings. The molecule has 0 bridgehead atoms. The summed E-state index contributed by atoms with van der Waals surface area (Å²) in [5, 5.41) is 8.30.